The van der Waals surface area contributed by atoms with Gasteiger partial charge in [0.2, 0.25) is 5.91 Å². The number of ether oxygens (including phenoxy) is 1. The Balaban J connectivity index is 2.09. The highest BCUT2D eigenvalue weighted by atomic mass is 16.6. The number of amides is 2. The van der Waals surface area contributed by atoms with Gasteiger partial charge in [-0.05, 0) is 57.4 Å². The van der Waals surface area contributed by atoms with E-state index in [9.17, 15) is 14.7 Å². The molecule has 1 atom stereocenters. The van der Waals surface area contributed by atoms with Crippen molar-refractivity contribution in [2.75, 3.05) is 11.4 Å². The number of phenolic OH excluding ortho intramolecular Hbond substituents is 1. The van der Waals surface area contributed by atoms with Gasteiger partial charge >= 0.3 is 6.09 Å². The van der Waals surface area contributed by atoms with Crippen LogP contribution < -0.4 is 10.2 Å². The van der Waals surface area contributed by atoms with Gasteiger partial charge in [0.25, 0.3) is 0 Å². The van der Waals surface area contributed by atoms with Crippen molar-refractivity contribution in [1.29, 1.82) is 0 Å². The van der Waals surface area contributed by atoms with E-state index in [0.29, 0.717) is 19.4 Å². The molecule has 0 fully saturated rings. The molecule has 0 aromatic heterocycles. The predicted molar refractivity (Wildman–Crippen MR) is 87.6 cm³/mol. The number of hydrogen-bond acceptors (Lipinski definition) is 4. The zero-order valence-electron chi connectivity index (χ0n) is 14.0. The predicted octanol–water partition coefficient (Wildman–Crippen LogP) is 2.58. The SMILES string of the molecule is CC[C@H](NC(=O)OC(C)(C)C)C(=O)N1CCc2cc(O)ccc21. The third kappa shape index (κ3) is 4.15. The van der Waals surface area contributed by atoms with E-state index in [-0.39, 0.29) is 11.7 Å². The van der Waals surface area contributed by atoms with Gasteiger partial charge in [-0.2, -0.15) is 0 Å². The molecule has 1 aliphatic heterocycles. The molecule has 0 radical (unpaired) electrons. The summed E-state index contributed by atoms with van der Waals surface area (Å²) >= 11 is 0. The number of hydrogen-bond donors (Lipinski definition) is 2. The Morgan fingerprint density at radius 1 is 1.39 bits per heavy atom. The van der Waals surface area contributed by atoms with Crippen LogP contribution in [0.5, 0.6) is 5.75 Å². The average molecular weight is 320 g/mol. The zero-order valence-corrected chi connectivity index (χ0v) is 14.0. The molecule has 0 bridgehead atoms. The molecule has 0 aliphatic carbocycles. The number of alkyl carbamates (subject to hydrolysis) is 1. The number of carbonyl (C=O) groups is 2. The van der Waals surface area contributed by atoms with Crippen LogP contribution in [0.4, 0.5) is 10.5 Å². The molecular formula is C17H24N2O4. The minimum Gasteiger partial charge on any atom is -0.508 e. The topological polar surface area (TPSA) is 78.9 Å². The highest BCUT2D eigenvalue weighted by Crippen LogP contribution is 2.31. The van der Waals surface area contributed by atoms with Gasteiger partial charge in [-0.3, -0.25) is 4.79 Å². The standard InChI is InChI=1S/C17H24N2O4/c1-5-13(18-16(22)23-17(2,3)4)15(21)19-9-8-11-10-12(20)6-7-14(11)19/h6-7,10,13,20H,5,8-9H2,1-4H3,(H,18,22)/t13-/m0/s1. The summed E-state index contributed by atoms with van der Waals surface area (Å²) < 4.78 is 5.21. The minimum absolute atomic E-state index is 0.164. The van der Waals surface area contributed by atoms with Crippen molar-refractivity contribution in [1.82, 2.24) is 5.32 Å². The molecular weight excluding hydrogens is 296 g/mol. The summed E-state index contributed by atoms with van der Waals surface area (Å²) in [6.45, 7) is 7.72. The first-order valence-electron chi connectivity index (χ1n) is 7.84. The number of nitrogens with one attached hydrogen (secondary N) is 1. The molecule has 0 saturated heterocycles. The molecule has 0 saturated carbocycles. The zero-order chi connectivity index (χ0) is 17.2. The Hall–Kier alpha value is -2.24. The van der Waals surface area contributed by atoms with Crippen LogP contribution >= 0.6 is 0 Å². The van der Waals surface area contributed by atoms with E-state index >= 15 is 0 Å². The van der Waals surface area contributed by atoms with E-state index in [1.54, 1.807) is 43.9 Å². The third-order valence-corrected chi connectivity index (χ3v) is 3.62. The molecule has 2 N–H and O–H groups in total. The summed E-state index contributed by atoms with van der Waals surface area (Å²) in [4.78, 5) is 26.3. The van der Waals surface area contributed by atoms with Gasteiger partial charge in [0.05, 0.1) is 0 Å². The summed E-state index contributed by atoms with van der Waals surface area (Å²) in [6, 6.07) is 4.33. The highest BCUT2D eigenvalue weighted by Gasteiger charge is 2.31. The van der Waals surface area contributed by atoms with Crippen LogP contribution in [0.2, 0.25) is 0 Å². The lowest BCUT2D eigenvalue weighted by molar-refractivity contribution is -0.120. The van der Waals surface area contributed by atoms with Crippen LogP contribution in [0, 0.1) is 0 Å². The first-order chi connectivity index (χ1) is 10.7. The fourth-order valence-corrected chi connectivity index (χ4v) is 2.59. The Morgan fingerprint density at radius 2 is 2.09 bits per heavy atom. The maximum Gasteiger partial charge on any atom is 0.408 e. The van der Waals surface area contributed by atoms with Gasteiger partial charge < -0.3 is 20.1 Å². The maximum atomic E-state index is 12.7. The minimum atomic E-state index is -0.635. The van der Waals surface area contributed by atoms with Gasteiger partial charge in [0.1, 0.15) is 17.4 Å². The van der Waals surface area contributed by atoms with E-state index in [2.05, 4.69) is 5.32 Å². The van der Waals surface area contributed by atoms with Crippen molar-refractivity contribution in [2.24, 2.45) is 0 Å². The first kappa shape index (κ1) is 17.1. The van der Waals surface area contributed by atoms with Gasteiger partial charge in [-0.25, -0.2) is 4.79 Å². The summed E-state index contributed by atoms with van der Waals surface area (Å²) in [5.74, 6) is 0.0276. The smallest absolute Gasteiger partial charge is 0.408 e. The van der Waals surface area contributed by atoms with Gasteiger partial charge in [0, 0.05) is 12.2 Å². The van der Waals surface area contributed by atoms with Crippen molar-refractivity contribution >= 4 is 17.7 Å². The second-order valence-corrected chi connectivity index (χ2v) is 6.66. The summed E-state index contributed by atoms with van der Waals surface area (Å²) in [6.07, 6.45) is 0.572. The van der Waals surface area contributed by atoms with Crippen LogP contribution in [0.15, 0.2) is 18.2 Å². The van der Waals surface area contributed by atoms with Crippen LogP contribution in [0.1, 0.15) is 39.7 Å². The average Bonchev–Trinajstić information content (AvgIpc) is 2.84. The maximum absolute atomic E-state index is 12.7. The molecule has 2 rings (SSSR count). The van der Waals surface area contributed by atoms with E-state index in [1.165, 1.54) is 0 Å². The van der Waals surface area contributed by atoms with E-state index in [1.807, 2.05) is 6.92 Å². The monoisotopic (exact) mass is 320 g/mol. The second-order valence-electron chi connectivity index (χ2n) is 6.66. The Bertz CT molecular complexity index is 607. The Labute approximate surface area is 136 Å². The molecule has 1 aromatic rings. The Kier molecular flexibility index (Phi) is 4.82. The summed E-state index contributed by atoms with van der Waals surface area (Å²) in [5, 5.41) is 12.2. The number of aromatic hydroxyl groups is 1. The molecule has 0 spiro atoms. The largest absolute Gasteiger partial charge is 0.508 e. The second kappa shape index (κ2) is 6.48. The number of fused-ring (bicyclic) bond motifs is 1. The van der Waals surface area contributed by atoms with Gasteiger partial charge in [-0.1, -0.05) is 6.92 Å². The van der Waals surface area contributed by atoms with Gasteiger partial charge in [-0.15, -0.1) is 0 Å². The van der Waals surface area contributed by atoms with Crippen molar-refractivity contribution in [3.05, 3.63) is 23.8 Å². The lowest BCUT2D eigenvalue weighted by atomic mass is 10.1. The van der Waals surface area contributed by atoms with Crippen molar-refractivity contribution in [3.63, 3.8) is 0 Å². The number of nitrogens with zero attached hydrogens (tertiary/aromatic N) is 1. The molecule has 0 unspecified atom stereocenters. The third-order valence-electron chi connectivity index (χ3n) is 3.62. The quantitative estimate of drug-likeness (QED) is 0.897. The fourth-order valence-electron chi connectivity index (χ4n) is 2.59. The molecule has 1 aromatic carbocycles. The van der Waals surface area contributed by atoms with Crippen molar-refractivity contribution in [3.8, 4) is 5.75 Å². The normalized spacial score (nSPS) is 15.0. The van der Waals surface area contributed by atoms with Crippen molar-refractivity contribution in [2.45, 2.75) is 52.2 Å². The molecule has 126 valence electrons. The van der Waals surface area contributed by atoms with Crippen LogP contribution in [0.25, 0.3) is 0 Å². The lowest BCUT2D eigenvalue weighted by Gasteiger charge is -2.26. The molecule has 6 nitrogen and oxygen atoms in total. The molecule has 2 amide bonds. The number of benzene rings is 1. The lowest BCUT2D eigenvalue weighted by Crippen LogP contribution is -2.49. The molecule has 1 heterocycles. The molecule has 23 heavy (non-hydrogen) atoms. The molecule has 6 heteroatoms. The van der Waals surface area contributed by atoms with Crippen LogP contribution in [-0.2, 0) is 16.0 Å². The van der Waals surface area contributed by atoms with E-state index in [0.717, 1.165) is 11.3 Å². The number of carbonyl (C=O) groups excluding carboxylic acids is 2. The number of anilines is 1. The highest BCUT2D eigenvalue weighted by molar-refractivity contribution is 6.00. The Morgan fingerprint density at radius 3 is 2.70 bits per heavy atom. The number of phenols is 1. The summed E-state index contributed by atoms with van der Waals surface area (Å²) in [7, 11) is 0. The van der Waals surface area contributed by atoms with Crippen molar-refractivity contribution < 1.29 is 19.4 Å². The van der Waals surface area contributed by atoms with E-state index < -0.39 is 17.7 Å². The molecule has 1 aliphatic rings. The van der Waals surface area contributed by atoms with Gasteiger partial charge in [0.15, 0.2) is 0 Å². The van der Waals surface area contributed by atoms with E-state index in [4.69, 9.17) is 4.74 Å². The summed E-state index contributed by atoms with van der Waals surface area (Å²) in [5.41, 5.74) is 1.12. The first-order valence-corrected chi connectivity index (χ1v) is 7.84. The van der Waals surface area contributed by atoms with Crippen LogP contribution in [-0.4, -0.2) is 35.3 Å². The number of rotatable bonds is 3. The van der Waals surface area contributed by atoms with Crippen LogP contribution in [0.3, 0.4) is 0 Å². The fraction of sp³-hybridized carbons (Fsp3) is 0.529.